The minimum absolute atomic E-state index is 0.0723. The number of nitrogens with zero attached hydrogens (tertiary/aromatic N) is 1. The van der Waals surface area contributed by atoms with E-state index in [0.717, 1.165) is 31.4 Å². The average molecular weight is 350 g/mol. The van der Waals surface area contributed by atoms with Gasteiger partial charge in [0.15, 0.2) is 0 Å². The maximum Gasteiger partial charge on any atom is 0.315 e. The first kappa shape index (κ1) is 17.1. The van der Waals surface area contributed by atoms with Crippen molar-refractivity contribution < 1.29 is 9.59 Å². The van der Waals surface area contributed by atoms with Crippen LogP contribution in [0.15, 0.2) is 24.3 Å². The normalized spacial score (nSPS) is 21.7. The van der Waals surface area contributed by atoms with Gasteiger partial charge in [-0.05, 0) is 37.0 Å². The molecule has 1 saturated heterocycles. The molecule has 1 aromatic carbocycles. The SMILES string of the molecule is CC[C@@H](NC(=O)NC[C@H]1CC(=O)N(C2CC2)C1)c1cccc(Cl)c1. The Morgan fingerprint density at radius 2 is 2.21 bits per heavy atom. The molecule has 0 aromatic heterocycles. The first-order valence-electron chi connectivity index (χ1n) is 8.66. The monoisotopic (exact) mass is 349 g/mol. The molecule has 1 saturated carbocycles. The predicted octanol–water partition coefficient (Wildman–Crippen LogP) is 3.10. The number of hydrogen-bond donors (Lipinski definition) is 2. The topological polar surface area (TPSA) is 61.4 Å². The zero-order valence-corrected chi connectivity index (χ0v) is 14.7. The molecule has 1 aliphatic heterocycles. The lowest BCUT2D eigenvalue weighted by Crippen LogP contribution is -2.40. The lowest BCUT2D eigenvalue weighted by molar-refractivity contribution is -0.128. The Labute approximate surface area is 147 Å². The molecule has 2 N–H and O–H groups in total. The van der Waals surface area contributed by atoms with Gasteiger partial charge in [0.05, 0.1) is 6.04 Å². The summed E-state index contributed by atoms with van der Waals surface area (Å²) in [7, 11) is 0. The van der Waals surface area contributed by atoms with Crippen molar-refractivity contribution in [1.29, 1.82) is 0 Å². The Hall–Kier alpha value is -1.75. The summed E-state index contributed by atoms with van der Waals surface area (Å²) >= 11 is 6.02. The van der Waals surface area contributed by atoms with Crippen LogP contribution in [-0.4, -0.2) is 36.0 Å². The maximum absolute atomic E-state index is 12.2. The van der Waals surface area contributed by atoms with Crippen LogP contribution in [0.1, 0.15) is 44.2 Å². The highest BCUT2D eigenvalue weighted by Crippen LogP contribution is 2.32. The van der Waals surface area contributed by atoms with Gasteiger partial charge in [-0.25, -0.2) is 4.79 Å². The molecular formula is C18H24ClN3O2. The van der Waals surface area contributed by atoms with Crippen LogP contribution in [0.4, 0.5) is 4.79 Å². The van der Waals surface area contributed by atoms with Gasteiger partial charge in [0, 0.05) is 36.5 Å². The van der Waals surface area contributed by atoms with E-state index in [1.54, 1.807) is 0 Å². The summed E-state index contributed by atoms with van der Waals surface area (Å²) < 4.78 is 0. The van der Waals surface area contributed by atoms with Crippen molar-refractivity contribution in [3.63, 3.8) is 0 Å². The lowest BCUT2D eigenvalue weighted by atomic mass is 10.0. The molecule has 0 bridgehead atoms. The summed E-state index contributed by atoms with van der Waals surface area (Å²) in [4.78, 5) is 26.1. The molecule has 1 aliphatic carbocycles. The quantitative estimate of drug-likeness (QED) is 0.829. The van der Waals surface area contributed by atoms with E-state index >= 15 is 0 Å². The van der Waals surface area contributed by atoms with E-state index in [1.807, 2.05) is 36.1 Å². The highest BCUT2D eigenvalue weighted by Gasteiger charge is 2.39. The molecule has 0 spiro atoms. The summed E-state index contributed by atoms with van der Waals surface area (Å²) in [5.74, 6) is 0.449. The Morgan fingerprint density at radius 1 is 1.42 bits per heavy atom. The zero-order chi connectivity index (χ0) is 17.1. The summed E-state index contributed by atoms with van der Waals surface area (Å²) in [6.07, 6.45) is 3.59. The minimum Gasteiger partial charge on any atom is -0.339 e. The number of urea groups is 1. The van der Waals surface area contributed by atoms with Gasteiger partial charge in [0.1, 0.15) is 0 Å². The first-order valence-corrected chi connectivity index (χ1v) is 9.04. The fourth-order valence-corrected chi connectivity index (χ4v) is 3.47. The first-order chi connectivity index (χ1) is 11.6. The van der Waals surface area contributed by atoms with Crippen LogP contribution < -0.4 is 10.6 Å². The Kier molecular flexibility index (Phi) is 5.29. The zero-order valence-electron chi connectivity index (χ0n) is 13.9. The molecule has 2 atom stereocenters. The van der Waals surface area contributed by atoms with E-state index in [0.29, 0.717) is 24.0 Å². The van der Waals surface area contributed by atoms with Gasteiger partial charge in [0.2, 0.25) is 5.91 Å². The third-order valence-electron chi connectivity index (χ3n) is 4.74. The van der Waals surface area contributed by atoms with Crippen LogP contribution in [0, 0.1) is 5.92 Å². The Balaban J connectivity index is 1.47. The number of halogens is 1. The third-order valence-corrected chi connectivity index (χ3v) is 4.98. The van der Waals surface area contributed by atoms with Gasteiger partial charge < -0.3 is 15.5 Å². The lowest BCUT2D eigenvalue weighted by Gasteiger charge is -2.19. The molecule has 6 heteroatoms. The largest absolute Gasteiger partial charge is 0.339 e. The number of amides is 3. The van der Waals surface area contributed by atoms with Crippen LogP contribution in [0.25, 0.3) is 0 Å². The van der Waals surface area contributed by atoms with Crippen molar-refractivity contribution in [2.75, 3.05) is 13.1 Å². The number of benzene rings is 1. The van der Waals surface area contributed by atoms with Crippen LogP contribution in [0.2, 0.25) is 5.02 Å². The van der Waals surface area contributed by atoms with E-state index in [1.165, 1.54) is 0 Å². The molecular weight excluding hydrogens is 326 g/mol. The summed E-state index contributed by atoms with van der Waals surface area (Å²) in [5, 5.41) is 6.56. The highest BCUT2D eigenvalue weighted by atomic mass is 35.5. The third kappa shape index (κ3) is 4.20. The van der Waals surface area contributed by atoms with Crippen LogP contribution in [0.5, 0.6) is 0 Å². The predicted molar refractivity (Wildman–Crippen MR) is 93.9 cm³/mol. The minimum atomic E-state index is -0.195. The van der Waals surface area contributed by atoms with E-state index in [9.17, 15) is 9.59 Å². The van der Waals surface area contributed by atoms with Crippen molar-refractivity contribution in [3.8, 4) is 0 Å². The van der Waals surface area contributed by atoms with Gasteiger partial charge in [-0.2, -0.15) is 0 Å². The standard InChI is InChI=1S/C18H24ClN3O2/c1-2-16(13-4-3-5-14(19)9-13)21-18(24)20-10-12-8-17(23)22(11-12)15-6-7-15/h3-5,9,12,15-16H,2,6-8,10-11H2,1H3,(H2,20,21,24)/t12-,16-/m1/s1. The molecule has 24 heavy (non-hydrogen) atoms. The number of hydrogen-bond acceptors (Lipinski definition) is 2. The summed E-state index contributed by atoms with van der Waals surface area (Å²) in [6, 6.07) is 7.74. The highest BCUT2D eigenvalue weighted by molar-refractivity contribution is 6.30. The van der Waals surface area contributed by atoms with Crippen molar-refractivity contribution in [1.82, 2.24) is 15.5 Å². The second-order valence-electron chi connectivity index (χ2n) is 6.72. The van der Waals surface area contributed by atoms with Crippen LogP contribution in [0.3, 0.4) is 0 Å². The smallest absolute Gasteiger partial charge is 0.315 e. The van der Waals surface area contributed by atoms with Gasteiger partial charge in [-0.1, -0.05) is 30.7 Å². The molecule has 0 unspecified atom stereocenters. The molecule has 130 valence electrons. The second-order valence-corrected chi connectivity index (χ2v) is 7.15. The maximum atomic E-state index is 12.2. The van der Waals surface area contributed by atoms with E-state index in [-0.39, 0.29) is 23.9 Å². The molecule has 3 amide bonds. The molecule has 2 fully saturated rings. The van der Waals surface area contributed by atoms with Gasteiger partial charge >= 0.3 is 6.03 Å². The van der Waals surface area contributed by atoms with Crippen molar-refractivity contribution in [2.24, 2.45) is 5.92 Å². The van der Waals surface area contributed by atoms with Gasteiger partial charge in [0.25, 0.3) is 0 Å². The van der Waals surface area contributed by atoms with E-state index in [4.69, 9.17) is 11.6 Å². The second kappa shape index (κ2) is 7.43. The van der Waals surface area contributed by atoms with Crippen LogP contribution in [-0.2, 0) is 4.79 Å². The van der Waals surface area contributed by atoms with E-state index in [2.05, 4.69) is 10.6 Å². The number of likely N-dealkylation sites (tertiary alicyclic amines) is 1. The Morgan fingerprint density at radius 3 is 2.88 bits per heavy atom. The average Bonchev–Trinajstić information content (AvgIpc) is 3.33. The molecule has 1 aromatic rings. The molecule has 1 heterocycles. The molecule has 2 aliphatic rings. The van der Waals surface area contributed by atoms with Crippen LogP contribution >= 0.6 is 11.6 Å². The Bertz CT molecular complexity index is 618. The summed E-state index contributed by atoms with van der Waals surface area (Å²) in [5.41, 5.74) is 0.996. The van der Waals surface area contributed by atoms with Crippen molar-refractivity contribution >= 4 is 23.5 Å². The number of carbonyl (C=O) groups excluding carboxylic acids is 2. The van der Waals surface area contributed by atoms with Crippen molar-refractivity contribution in [2.45, 2.75) is 44.7 Å². The number of carbonyl (C=O) groups is 2. The van der Waals surface area contributed by atoms with Gasteiger partial charge in [-0.15, -0.1) is 0 Å². The molecule has 5 nitrogen and oxygen atoms in total. The van der Waals surface area contributed by atoms with Gasteiger partial charge in [-0.3, -0.25) is 4.79 Å². The number of nitrogens with one attached hydrogen (secondary N) is 2. The number of rotatable bonds is 6. The van der Waals surface area contributed by atoms with Crippen molar-refractivity contribution in [3.05, 3.63) is 34.9 Å². The van der Waals surface area contributed by atoms with E-state index < -0.39 is 0 Å². The molecule has 3 rings (SSSR count). The fourth-order valence-electron chi connectivity index (χ4n) is 3.28. The summed E-state index contributed by atoms with van der Waals surface area (Å²) in [6.45, 7) is 3.33. The fraction of sp³-hybridized carbons (Fsp3) is 0.556. The molecule has 0 radical (unpaired) electrons.